The summed E-state index contributed by atoms with van der Waals surface area (Å²) in [5, 5.41) is 2.92. The van der Waals surface area contributed by atoms with Crippen molar-refractivity contribution in [2.75, 3.05) is 26.2 Å². The normalized spacial score (nSPS) is 18.9. The lowest BCUT2D eigenvalue weighted by molar-refractivity contribution is -0.133. The maximum absolute atomic E-state index is 13.1. The van der Waals surface area contributed by atoms with E-state index in [0.717, 1.165) is 5.56 Å². The molecule has 2 saturated heterocycles. The number of carbonyl (C=O) groups is 2. The zero-order valence-electron chi connectivity index (χ0n) is 16.1. The molecule has 2 aliphatic heterocycles. The van der Waals surface area contributed by atoms with Crippen LogP contribution < -0.4 is 10.1 Å². The summed E-state index contributed by atoms with van der Waals surface area (Å²) in [5.74, 6) is 0.297. The number of imide groups is 1. The molecular weight excluding hydrogens is 373 g/mol. The SMILES string of the molecule is O=C1NC2(CCN(Cc3ccc(F)cc3)CC2)C(=O)N1CCOc1ccccc1. The number of carbonyl (C=O) groups excluding carboxylic acids is 2. The second-order valence-corrected chi connectivity index (χ2v) is 7.53. The molecule has 152 valence electrons. The predicted octanol–water partition coefficient (Wildman–Crippen LogP) is 2.79. The molecule has 2 aromatic carbocycles. The number of amides is 3. The lowest BCUT2D eigenvalue weighted by Crippen LogP contribution is -2.54. The highest BCUT2D eigenvalue weighted by atomic mass is 19.1. The Morgan fingerprint density at radius 2 is 1.69 bits per heavy atom. The van der Waals surface area contributed by atoms with Crippen molar-refractivity contribution >= 4 is 11.9 Å². The van der Waals surface area contributed by atoms with Crippen molar-refractivity contribution in [1.82, 2.24) is 15.1 Å². The van der Waals surface area contributed by atoms with Crippen LogP contribution in [0.2, 0.25) is 0 Å². The summed E-state index contributed by atoms with van der Waals surface area (Å²) in [6.45, 7) is 2.57. The molecule has 0 aromatic heterocycles. The van der Waals surface area contributed by atoms with Crippen LogP contribution in [0.15, 0.2) is 54.6 Å². The molecule has 1 N–H and O–H groups in total. The van der Waals surface area contributed by atoms with Crippen molar-refractivity contribution in [3.63, 3.8) is 0 Å². The van der Waals surface area contributed by atoms with Gasteiger partial charge in [-0.05, 0) is 42.7 Å². The van der Waals surface area contributed by atoms with E-state index in [-0.39, 0.29) is 30.9 Å². The van der Waals surface area contributed by atoms with Crippen LogP contribution in [0.25, 0.3) is 0 Å². The summed E-state index contributed by atoms with van der Waals surface area (Å²) in [6.07, 6.45) is 1.13. The maximum atomic E-state index is 13.1. The van der Waals surface area contributed by atoms with Crippen LogP contribution in [0.5, 0.6) is 5.75 Å². The Morgan fingerprint density at radius 3 is 2.38 bits per heavy atom. The Kier molecular flexibility index (Phi) is 5.49. The second kappa shape index (κ2) is 8.21. The van der Waals surface area contributed by atoms with Crippen molar-refractivity contribution in [3.8, 4) is 5.75 Å². The highest BCUT2D eigenvalue weighted by Crippen LogP contribution is 2.30. The number of benzene rings is 2. The number of likely N-dealkylation sites (tertiary alicyclic amines) is 1. The van der Waals surface area contributed by atoms with Crippen LogP contribution in [0.3, 0.4) is 0 Å². The van der Waals surface area contributed by atoms with Crippen molar-refractivity contribution < 1.29 is 18.7 Å². The number of ether oxygens (including phenoxy) is 1. The minimum atomic E-state index is -0.816. The number of hydrogen-bond acceptors (Lipinski definition) is 4. The van der Waals surface area contributed by atoms with Crippen LogP contribution in [-0.4, -0.2) is 53.5 Å². The number of para-hydroxylation sites is 1. The van der Waals surface area contributed by atoms with Crippen molar-refractivity contribution in [3.05, 3.63) is 66.0 Å². The second-order valence-electron chi connectivity index (χ2n) is 7.53. The van der Waals surface area contributed by atoms with Gasteiger partial charge >= 0.3 is 6.03 Å². The van der Waals surface area contributed by atoms with Crippen LogP contribution >= 0.6 is 0 Å². The molecule has 29 heavy (non-hydrogen) atoms. The van der Waals surface area contributed by atoms with Gasteiger partial charge in [-0.1, -0.05) is 30.3 Å². The molecule has 4 rings (SSSR count). The van der Waals surface area contributed by atoms with Gasteiger partial charge in [0.1, 0.15) is 23.7 Å². The van der Waals surface area contributed by atoms with Crippen LogP contribution in [0.4, 0.5) is 9.18 Å². The lowest BCUT2D eigenvalue weighted by Gasteiger charge is -2.37. The molecule has 2 aliphatic rings. The molecule has 0 unspecified atom stereocenters. The fraction of sp³-hybridized carbons (Fsp3) is 0.364. The van der Waals surface area contributed by atoms with E-state index in [2.05, 4.69) is 10.2 Å². The molecule has 1 spiro atoms. The number of piperidine rings is 1. The monoisotopic (exact) mass is 397 g/mol. The maximum Gasteiger partial charge on any atom is 0.325 e. The van der Waals surface area contributed by atoms with E-state index < -0.39 is 5.54 Å². The Bertz CT molecular complexity index is 865. The van der Waals surface area contributed by atoms with E-state index in [9.17, 15) is 14.0 Å². The van der Waals surface area contributed by atoms with Crippen molar-refractivity contribution in [2.24, 2.45) is 0 Å². The zero-order valence-corrected chi connectivity index (χ0v) is 16.1. The zero-order chi connectivity index (χ0) is 20.3. The molecule has 0 saturated carbocycles. The molecule has 2 fully saturated rings. The van der Waals surface area contributed by atoms with Crippen molar-refractivity contribution in [2.45, 2.75) is 24.9 Å². The first-order valence-corrected chi connectivity index (χ1v) is 9.84. The Labute approximate surface area is 169 Å². The van der Waals surface area contributed by atoms with Crippen molar-refractivity contribution in [1.29, 1.82) is 0 Å². The average Bonchev–Trinajstić information content (AvgIpc) is 2.96. The standard InChI is InChI=1S/C22H24FN3O3/c23-18-8-6-17(7-9-18)16-25-12-10-22(11-13-25)20(27)26(21(28)24-22)14-15-29-19-4-2-1-3-5-19/h1-9H,10-16H2,(H,24,28). The molecule has 0 aliphatic carbocycles. The minimum Gasteiger partial charge on any atom is -0.492 e. The Balaban J connectivity index is 1.30. The number of nitrogens with zero attached hydrogens (tertiary/aromatic N) is 2. The predicted molar refractivity (Wildman–Crippen MR) is 106 cm³/mol. The smallest absolute Gasteiger partial charge is 0.325 e. The van der Waals surface area contributed by atoms with Gasteiger partial charge in [-0.25, -0.2) is 9.18 Å². The van der Waals surface area contributed by atoms with Gasteiger partial charge in [0.25, 0.3) is 5.91 Å². The molecular formula is C22H24FN3O3. The Hall–Kier alpha value is -2.93. The third-order valence-corrected chi connectivity index (χ3v) is 5.60. The topological polar surface area (TPSA) is 61.9 Å². The van der Waals surface area contributed by atoms with E-state index in [4.69, 9.17) is 4.74 Å². The lowest BCUT2D eigenvalue weighted by atomic mass is 9.87. The highest BCUT2D eigenvalue weighted by Gasteiger charge is 2.52. The first kappa shape index (κ1) is 19.4. The van der Waals surface area contributed by atoms with Gasteiger partial charge in [0.05, 0.1) is 6.54 Å². The molecule has 2 aromatic rings. The van der Waals surface area contributed by atoms with E-state index >= 15 is 0 Å². The number of rotatable bonds is 6. The summed E-state index contributed by atoms with van der Waals surface area (Å²) < 4.78 is 18.7. The van der Waals surface area contributed by atoms with Gasteiger partial charge in [0.2, 0.25) is 0 Å². The van der Waals surface area contributed by atoms with E-state index in [1.807, 2.05) is 30.3 Å². The van der Waals surface area contributed by atoms with Crippen LogP contribution in [0.1, 0.15) is 18.4 Å². The molecule has 3 amide bonds. The highest BCUT2D eigenvalue weighted by molar-refractivity contribution is 6.07. The van der Waals surface area contributed by atoms with Gasteiger partial charge < -0.3 is 10.1 Å². The summed E-state index contributed by atoms with van der Waals surface area (Å²) in [5.41, 5.74) is 0.215. The molecule has 2 heterocycles. The fourth-order valence-corrected chi connectivity index (χ4v) is 3.93. The van der Waals surface area contributed by atoms with E-state index in [1.54, 1.807) is 12.1 Å². The van der Waals surface area contributed by atoms with E-state index in [0.29, 0.717) is 38.2 Å². The summed E-state index contributed by atoms with van der Waals surface area (Å²) in [7, 11) is 0. The summed E-state index contributed by atoms with van der Waals surface area (Å²) in [4.78, 5) is 28.8. The number of nitrogens with one attached hydrogen (secondary N) is 1. The first-order chi connectivity index (χ1) is 14.1. The summed E-state index contributed by atoms with van der Waals surface area (Å²) >= 11 is 0. The Morgan fingerprint density at radius 1 is 1.00 bits per heavy atom. The van der Waals surface area contributed by atoms with E-state index in [1.165, 1.54) is 17.0 Å². The van der Waals surface area contributed by atoms with Gasteiger partial charge in [-0.15, -0.1) is 0 Å². The average molecular weight is 397 g/mol. The van der Waals surface area contributed by atoms with Crippen LogP contribution in [0, 0.1) is 5.82 Å². The first-order valence-electron chi connectivity index (χ1n) is 9.84. The molecule has 0 radical (unpaired) electrons. The molecule has 0 bridgehead atoms. The number of hydrogen-bond donors (Lipinski definition) is 1. The van der Waals surface area contributed by atoms with Gasteiger partial charge in [-0.3, -0.25) is 14.6 Å². The van der Waals surface area contributed by atoms with Gasteiger partial charge in [0, 0.05) is 19.6 Å². The number of halogens is 1. The largest absolute Gasteiger partial charge is 0.492 e. The third-order valence-electron chi connectivity index (χ3n) is 5.60. The molecule has 7 heteroatoms. The van der Waals surface area contributed by atoms with Gasteiger partial charge in [-0.2, -0.15) is 0 Å². The molecule has 0 atom stereocenters. The summed E-state index contributed by atoms with van der Waals surface area (Å²) in [6, 6.07) is 15.4. The molecule has 6 nitrogen and oxygen atoms in total. The van der Waals surface area contributed by atoms with Gasteiger partial charge in [0.15, 0.2) is 0 Å². The van der Waals surface area contributed by atoms with Crippen LogP contribution in [-0.2, 0) is 11.3 Å². The third kappa shape index (κ3) is 4.24. The quantitative estimate of drug-likeness (QED) is 0.762. The fourth-order valence-electron chi connectivity index (χ4n) is 3.93. The number of urea groups is 1. The minimum absolute atomic E-state index is 0.166.